The number of nitrogens with one attached hydrogen (secondary N) is 1. The summed E-state index contributed by atoms with van der Waals surface area (Å²) in [6.07, 6.45) is 0.642. The van der Waals surface area contributed by atoms with Crippen molar-refractivity contribution in [2.45, 2.75) is 18.2 Å². The second-order valence-electron chi connectivity index (χ2n) is 4.64. The van der Waals surface area contributed by atoms with Crippen LogP contribution in [-0.2, 0) is 30.8 Å². The SMILES string of the molecule is COCCONS(=O)(=O)c1ccc2c(c1)CCN2C(C)=O. The van der Waals surface area contributed by atoms with Gasteiger partial charge in [-0.1, -0.05) is 4.89 Å². The van der Waals surface area contributed by atoms with E-state index in [2.05, 4.69) is 0 Å². The zero-order valence-electron chi connectivity index (χ0n) is 12.0. The average Bonchev–Trinajstić information content (AvgIpc) is 2.86. The van der Waals surface area contributed by atoms with Gasteiger partial charge < -0.3 is 9.64 Å². The number of methoxy groups -OCH3 is 1. The largest absolute Gasteiger partial charge is 0.382 e. The van der Waals surface area contributed by atoms with E-state index in [1.807, 2.05) is 4.89 Å². The molecule has 21 heavy (non-hydrogen) atoms. The zero-order valence-corrected chi connectivity index (χ0v) is 12.8. The molecule has 0 aromatic heterocycles. The summed E-state index contributed by atoms with van der Waals surface area (Å²) in [5, 5.41) is 0. The van der Waals surface area contributed by atoms with E-state index >= 15 is 0 Å². The van der Waals surface area contributed by atoms with Gasteiger partial charge in [0.25, 0.3) is 10.0 Å². The summed E-state index contributed by atoms with van der Waals surface area (Å²) in [6, 6.07) is 4.68. The van der Waals surface area contributed by atoms with Gasteiger partial charge in [0.2, 0.25) is 5.91 Å². The van der Waals surface area contributed by atoms with Gasteiger partial charge in [0.15, 0.2) is 0 Å². The van der Waals surface area contributed by atoms with Crippen LogP contribution in [0.5, 0.6) is 0 Å². The first kappa shape index (κ1) is 15.9. The fraction of sp³-hybridized carbons (Fsp3) is 0.462. The highest BCUT2D eigenvalue weighted by molar-refractivity contribution is 7.89. The molecule has 0 saturated carbocycles. The minimum atomic E-state index is -3.73. The van der Waals surface area contributed by atoms with Crippen LogP contribution in [0.3, 0.4) is 0 Å². The lowest BCUT2D eigenvalue weighted by Gasteiger charge is -2.15. The average molecular weight is 314 g/mol. The first-order valence-electron chi connectivity index (χ1n) is 6.49. The van der Waals surface area contributed by atoms with Crippen molar-refractivity contribution in [3.8, 4) is 0 Å². The standard InChI is InChI=1S/C13H18N2O5S/c1-10(16)15-6-5-11-9-12(3-4-13(11)15)21(17,18)14-20-8-7-19-2/h3-4,9,14H,5-8H2,1-2H3. The van der Waals surface area contributed by atoms with Crippen molar-refractivity contribution in [1.29, 1.82) is 0 Å². The van der Waals surface area contributed by atoms with Crippen molar-refractivity contribution in [1.82, 2.24) is 4.89 Å². The molecule has 0 spiro atoms. The fourth-order valence-electron chi connectivity index (χ4n) is 2.16. The normalized spacial score (nSPS) is 14.3. The Morgan fingerprint density at radius 1 is 1.38 bits per heavy atom. The van der Waals surface area contributed by atoms with Crippen LogP contribution in [0.25, 0.3) is 0 Å². The molecule has 1 aromatic rings. The maximum absolute atomic E-state index is 12.1. The fourth-order valence-corrected chi connectivity index (χ4v) is 3.04. The van der Waals surface area contributed by atoms with E-state index in [0.29, 0.717) is 19.6 Å². The molecule has 2 rings (SSSR count). The summed E-state index contributed by atoms with van der Waals surface area (Å²) < 4.78 is 28.9. The number of hydrogen-bond acceptors (Lipinski definition) is 5. The third-order valence-electron chi connectivity index (χ3n) is 3.20. The first-order chi connectivity index (χ1) is 9.95. The molecule has 1 N–H and O–H groups in total. The molecular formula is C13H18N2O5S. The Bertz CT molecular complexity index is 629. The maximum atomic E-state index is 12.1. The molecule has 0 aliphatic carbocycles. The van der Waals surface area contributed by atoms with Gasteiger partial charge in [-0.05, 0) is 30.2 Å². The van der Waals surface area contributed by atoms with Gasteiger partial charge in [0.05, 0.1) is 18.1 Å². The minimum Gasteiger partial charge on any atom is -0.382 e. The lowest BCUT2D eigenvalue weighted by molar-refractivity contribution is -0.116. The maximum Gasteiger partial charge on any atom is 0.262 e. The molecule has 1 amide bonds. The van der Waals surface area contributed by atoms with Gasteiger partial charge in [-0.15, -0.1) is 0 Å². The molecule has 0 radical (unpaired) electrons. The third kappa shape index (κ3) is 3.59. The first-order valence-corrected chi connectivity index (χ1v) is 7.97. The number of carbonyl (C=O) groups excluding carboxylic acids is 1. The van der Waals surface area contributed by atoms with Crippen molar-refractivity contribution in [3.63, 3.8) is 0 Å². The molecule has 116 valence electrons. The number of fused-ring (bicyclic) bond motifs is 1. The Kier molecular flexibility index (Phi) is 4.94. The van der Waals surface area contributed by atoms with Crippen molar-refractivity contribution in [2.24, 2.45) is 0 Å². The molecule has 7 nitrogen and oxygen atoms in total. The smallest absolute Gasteiger partial charge is 0.262 e. The lowest BCUT2D eigenvalue weighted by Crippen LogP contribution is -2.26. The Balaban J connectivity index is 2.13. The number of rotatable bonds is 6. The summed E-state index contributed by atoms with van der Waals surface area (Å²) >= 11 is 0. The van der Waals surface area contributed by atoms with Crippen LogP contribution in [0.1, 0.15) is 12.5 Å². The molecular weight excluding hydrogens is 296 g/mol. The number of hydrogen-bond donors (Lipinski definition) is 1. The van der Waals surface area contributed by atoms with Crippen LogP contribution in [0.4, 0.5) is 5.69 Å². The highest BCUT2D eigenvalue weighted by Gasteiger charge is 2.24. The number of sulfonamides is 1. The summed E-state index contributed by atoms with van der Waals surface area (Å²) in [7, 11) is -2.23. The predicted molar refractivity (Wildman–Crippen MR) is 76.3 cm³/mol. The highest BCUT2D eigenvalue weighted by Crippen LogP contribution is 2.30. The van der Waals surface area contributed by atoms with Gasteiger partial charge in [0, 0.05) is 26.3 Å². The van der Waals surface area contributed by atoms with E-state index < -0.39 is 10.0 Å². The van der Waals surface area contributed by atoms with Crippen LogP contribution in [-0.4, -0.2) is 41.2 Å². The molecule has 1 aliphatic heterocycles. The van der Waals surface area contributed by atoms with Crippen LogP contribution in [0, 0.1) is 0 Å². The topological polar surface area (TPSA) is 84.9 Å². The second-order valence-corrected chi connectivity index (χ2v) is 6.28. The van der Waals surface area contributed by atoms with E-state index in [1.165, 1.54) is 20.1 Å². The summed E-state index contributed by atoms with van der Waals surface area (Å²) in [6.45, 7) is 2.48. The third-order valence-corrected chi connectivity index (χ3v) is 4.41. The summed E-state index contributed by atoms with van der Waals surface area (Å²) in [5.41, 5.74) is 1.60. The van der Waals surface area contributed by atoms with Gasteiger partial charge in [0.1, 0.15) is 0 Å². The van der Waals surface area contributed by atoms with E-state index in [4.69, 9.17) is 9.57 Å². The molecule has 1 aliphatic rings. The van der Waals surface area contributed by atoms with Gasteiger partial charge in [-0.2, -0.15) is 0 Å². The van der Waals surface area contributed by atoms with E-state index in [1.54, 1.807) is 17.0 Å². The summed E-state index contributed by atoms with van der Waals surface area (Å²) in [4.78, 5) is 20.1. The molecule has 0 saturated heterocycles. The second kappa shape index (κ2) is 6.52. The number of carbonyl (C=O) groups is 1. The van der Waals surface area contributed by atoms with Crippen LogP contribution in [0.15, 0.2) is 23.1 Å². The van der Waals surface area contributed by atoms with E-state index in [9.17, 15) is 13.2 Å². The van der Waals surface area contributed by atoms with Crippen molar-refractivity contribution >= 4 is 21.6 Å². The van der Waals surface area contributed by atoms with Crippen LogP contribution in [0.2, 0.25) is 0 Å². The number of benzene rings is 1. The molecule has 1 aromatic carbocycles. The monoisotopic (exact) mass is 314 g/mol. The number of anilines is 1. The Hall–Kier alpha value is -1.48. The van der Waals surface area contributed by atoms with Crippen LogP contribution < -0.4 is 9.79 Å². The number of ether oxygens (including phenoxy) is 1. The Morgan fingerprint density at radius 2 is 2.14 bits per heavy atom. The zero-order chi connectivity index (χ0) is 15.5. The van der Waals surface area contributed by atoms with Crippen molar-refractivity contribution in [3.05, 3.63) is 23.8 Å². The quantitative estimate of drug-likeness (QED) is 0.609. The number of amides is 1. The molecule has 0 bridgehead atoms. The lowest BCUT2D eigenvalue weighted by atomic mass is 10.2. The number of nitrogens with zero attached hydrogens (tertiary/aromatic N) is 1. The van der Waals surface area contributed by atoms with Gasteiger partial charge in [-0.3, -0.25) is 9.63 Å². The molecule has 0 unspecified atom stereocenters. The Labute approximate surface area is 123 Å². The van der Waals surface area contributed by atoms with Gasteiger partial charge >= 0.3 is 0 Å². The molecule has 0 fully saturated rings. The molecule has 1 heterocycles. The van der Waals surface area contributed by atoms with Crippen molar-refractivity contribution < 1.29 is 22.8 Å². The highest BCUT2D eigenvalue weighted by atomic mass is 32.2. The molecule has 8 heteroatoms. The van der Waals surface area contributed by atoms with E-state index in [-0.39, 0.29) is 17.4 Å². The van der Waals surface area contributed by atoms with Crippen LogP contribution >= 0.6 is 0 Å². The summed E-state index contributed by atoms with van der Waals surface area (Å²) in [5.74, 6) is -0.0506. The van der Waals surface area contributed by atoms with Gasteiger partial charge in [-0.25, -0.2) is 8.42 Å². The predicted octanol–water partition coefficient (Wildman–Crippen LogP) is 0.452. The minimum absolute atomic E-state index is 0.0506. The molecule has 0 atom stereocenters. The van der Waals surface area contributed by atoms with Crippen molar-refractivity contribution in [2.75, 3.05) is 31.8 Å². The van der Waals surface area contributed by atoms with E-state index in [0.717, 1.165) is 11.3 Å². The Morgan fingerprint density at radius 3 is 2.81 bits per heavy atom.